The molecule has 3 rings (SSSR count). The van der Waals surface area contributed by atoms with Crippen LogP contribution in [-0.4, -0.2) is 59.7 Å². The third-order valence-corrected chi connectivity index (χ3v) is 4.04. The van der Waals surface area contributed by atoms with Crippen LogP contribution in [0.3, 0.4) is 0 Å². The molecule has 2 heterocycles. The van der Waals surface area contributed by atoms with E-state index in [1.807, 2.05) is 18.2 Å². The fourth-order valence-corrected chi connectivity index (χ4v) is 2.83. The van der Waals surface area contributed by atoms with Gasteiger partial charge in [0.1, 0.15) is 5.69 Å². The van der Waals surface area contributed by atoms with E-state index in [4.69, 9.17) is 4.74 Å². The van der Waals surface area contributed by atoms with E-state index in [9.17, 15) is 4.79 Å². The Bertz CT molecular complexity index is 630. The maximum absolute atomic E-state index is 12.4. The van der Waals surface area contributed by atoms with Gasteiger partial charge in [-0.3, -0.25) is 14.7 Å². The van der Waals surface area contributed by atoms with Crippen LogP contribution in [0.25, 0.3) is 0 Å². The van der Waals surface area contributed by atoms with Crippen LogP contribution in [0.5, 0.6) is 0 Å². The number of ether oxygens (including phenoxy) is 1. The minimum Gasteiger partial charge on any atom is -0.379 e. The summed E-state index contributed by atoms with van der Waals surface area (Å²) >= 11 is 0. The number of nitrogens with one attached hydrogen (secondary N) is 1. The average molecular weight is 326 g/mol. The van der Waals surface area contributed by atoms with Gasteiger partial charge in [-0.25, -0.2) is 4.98 Å². The zero-order valence-electron chi connectivity index (χ0n) is 13.6. The summed E-state index contributed by atoms with van der Waals surface area (Å²) in [6.45, 7) is 4.08. The molecule has 1 amide bonds. The number of carbonyl (C=O) groups is 1. The van der Waals surface area contributed by atoms with Gasteiger partial charge in [0.05, 0.1) is 19.4 Å². The van der Waals surface area contributed by atoms with Gasteiger partial charge in [-0.15, -0.1) is 0 Å². The summed E-state index contributed by atoms with van der Waals surface area (Å²) in [7, 11) is 0. The first-order chi connectivity index (χ1) is 11.8. The molecule has 1 atom stereocenters. The van der Waals surface area contributed by atoms with Gasteiger partial charge in [0, 0.05) is 38.1 Å². The Morgan fingerprint density at radius 2 is 2.00 bits per heavy atom. The molecule has 0 bridgehead atoms. The third-order valence-electron chi connectivity index (χ3n) is 4.04. The SMILES string of the molecule is O=C(N[C@@H](Cc1ccccc1)CN1CCOCC1)c1cnccn1. The Balaban J connectivity index is 1.67. The Kier molecular flexibility index (Phi) is 5.87. The minimum absolute atomic E-state index is 0.0139. The first-order valence-electron chi connectivity index (χ1n) is 8.22. The molecule has 0 aliphatic carbocycles. The Labute approximate surface area is 141 Å². The van der Waals surface area contributed by atoms with Crippen molar-refractivity contribution in [1.82, 2.24) is 20.2 Å². The van der Waals surface area contributed by atoms with E-state index < -0.39 is 0 Å². The van der Waals surface area contributed by atoms with Crippen LogP contribution in [-0.2, 0) is 11.2 Å². The van der Waals surface area contributed by atoms with Crippen molar-refractivity contribution < 1.29 is 9.53 Å². The maximum atomic E-state index is 12.4. The molecule has 1 aromatic carbocycles. The molecule has 1 aromatic heterocycles. The minimum atomic E-state index is -0.183. The van der Waals surface area contributed by atoms with Gasteiger partial charge in [0.25, 0.3) is 5.91 Å². The van der Waals surface area contributed by atoms with Crippen molar-refractivity contribution in [2.75, 3.05) is 32.8 Å². The number of carbonyl (C=O) groups excluding carboxylic acids is 1. The Morgan fingerprint density at radius 3 is 2.71 bits per heavy atom. The molecule has 24 heavy (non-hydrogen) atoms. The van der Waals surface area contributed by atoms with Gasteiger partial charge in [0.15, 0.2) is 0 Å². The van der Waals surface area contributed by atoms with Gasteiger partial charge in [-0.1, -0.05) is 30.3 Å². The number of nitrogens with zero attached hydrogens (tertiary/aromatic N) is 3. The third kappa shape index (κ3) is 4.84. The van der Waals surface area contributed by atoms with E-state index in [0.29, 0.717) is 5.69 Å². The molecule has 1 fully saturated rings. The number of morpholine rings is 1. The van der Waals surface area contributed by atoms with Crippen molar-refractivity contribution in [3.8, 4) is 0 Å². The summed E-state index contributed by atoms with van der Waals surface area (Å²) in [4.78, 5) is 22.8. The highest BCUT2D eigenvalue weighted by molar-refractivity contribution is 5.92. The van der Waals surface area contributed by atoms with Gasteiger partial charge in [-0.05, 0) is 12.0 Å². The van der Waals surface area contributed by atoms with Crippen LogP contribution in [0.4, 0.5) is 0 Å². The van der Waals surface area contributed by atoms with E-state index >= 15 is 0 Å². The lowest BCUT2D eigenvalue weighted by atomic mass is 10.0. The molecule has 1 aliphatic rings. The molecule has 2 aromatic rings. The van der Waals surface area contributed by atoms with Crippen molar-refractivity contribution in [3.63, 3.8) is 0 Å². The highest BCUT2D eigenvalue weighted by Gasteiger charge is 2.20. The molecule has 126 valence electrons. The van der Waals surface area contributed by atoms with Crippen LogP contribution >= 0.6 is 0 Å². The Morgan fingerprint density at radius 1 is 1.21 bits per heavy atom. The van der Waals surface area contributed by atoms with Crippen molar-refractivity contribution in [2.45, 2.75) is 12.5 Å². The molecule has 1 N–H and O–H groups in total. The molecular formula is C18H22N4O2. The second-order valence-corrected chi connectivity index (χ2v) is 5.86. The lowest BCUT2D eigenvalue weighted by Crippen LogP contribution is -2.48. The standard InChI is InChI=1S/C18H22N4O2/c23-18(17-13-19-6-7-20-17)21-16(12-15-4-2-1-3-5-15)14-22-8-10-24-11-9-22/h1-7,13,16H,8-12,14H2,(H,21,23)/t16-/m0/s1. The fraction of sp³-hybridized carbons (Fsp3) is 0.389. The molecule has 0 radical (unpaired) electrons. The number of hydrogen-bond donors (Lipinski definition) is 1. The zero-order chi connectivity index (χ0) is 16.6. The second kappa shape index (κ2) is 8.52. The largest absolute Gasteiger partial charge is 0.379 e. The predicted octanol–water partition coefficient (Wildman–Crippen LogP) is 1.15. The summed E-state index contributed by atoms with van der Waals surface area (Å²) < 4.78 is 5.40. The molecule has 6 nitrogen and oxygen atoms in total. The molecule has 0 unspecified atom stereocenters. The number of hydrogen-bond acceptors (Lipinski definition) is 5. The Hall–Kier alpha value is -2.31. The van der Waals surface area contributed by atoms with Crippen molar-refractivity contribution >= 4 is 5.91 Å². The van der Waals surface area contributed by atoms with E-state index in [1.54, 1.807) is 6.20 Å². The highest BCUT2D eigenvalue weighted by Crippen LogP contribution is 2.07. The van der Waals surface area contributed by atoms with Gasteiger partial charge >= 0.3 is 0 Å². The summed E-state index contributed by atoms with van der Waals surface area (Å²) in [5, 5.41) is 3.11. The lowest BCUT2D eigenvalue weighted by Gasteiger charge is -2.31. The van der Waals surface area contributed by atoms with E-state index in [2.05, 4.69) is 32.3 Å². The van der Waals surface area contributed by atoms with Crippen LogP contribution in [0.2, 0.25) is 0 Å². The molecular weight excluding hydrogens is 304 g/mol. The van der Waals surface area contributed by atoms with E-state index in [-0.39, 0.29) is 11.9 Å². The second-order valence-electron chi connectivity index (χ2n) is 5.86. The predicted molar refractivity (Wildman–Crippen MR) is 90.7 cm³/mol. The maximum Gasteiger partial charge on any atom is 0.271 e. The van der Waals surface area contributed by atoms with E-state index in [1.165, 1.54) is 18.0 Å². The first kappa shape index (κ1) is 16.5. The quantitative estimate of drug-likeness (QED) is 0.862. The van der Waals surface area contributed by atoms with Crippen LogP contribution in [0.15, 0.2) is 48.9 Å². The number of benzene rings is 1. The molecule has 1 saturated heterocycles. The smallest absolute Gasteiger partial charge is 0.271 e. The molecule has 0 spiro atoms. The number of amides is 1. The van der Waals surface area contributed by atoms with Gasteiger partial charge < -0.3 is 10.1 Å². The van der Waals surface area contributed by atoms with Gasteiger partial charge in [0.2, 0.25) is 0 Å². The average Bonchev–Trinajstić information content (AvgIpc) is 2.64. The van der Waals surface area contributed by atoms with Gasteiger partial charge in [-0.2, -0.15) is 0 Å². The number of aromatic nitrogens is 2. The normalized spacial score (nSPS) is 16.5. The topological polar surface area (TPSA) is 67.4 Å². The first-order valence-corrected chi connectivity index (χ1v) is 8.22. The lowest BCUT2D eigenvalue weighted by molar-refractivity contribution is 0.0333. The van der Waals surface area contributed by atoms with E-state index in [0.717, 1.165) is 39.3 Å². The summed E-state index contributed by atoms with van der Waals surface area (Å²) in [5.41, 5.74) is 1.55. The molecule has 6 heteroatoms. The fourth-order valence-electron chi connectivity index (χ4n) is 2.83. The monoisotopic (exact) mass is 326 g/mol. The zero-order valence-corrected chi connectivity index (χ0v) is 13.6. The highest BCUT2D eigenvalue weighted by atomic mass is 16.5. The van der Waals surface area contributed by atoms with Crippen molar-refractivity contribution in [2.24, 2.45) is 0 Å². The summed E-state index contributed by atoms with van der Waals surface area (Å²) in [5.74, 6) is -0.183. The summed E-state index contributed by atoms with van der Waals surface area (Å²) in [6.07, 6.45) is 5.36. The van der Waals surface area contributed by atoms with Crippen molar-refractivity contribution in [3.05, 3.63) is 60.2 Å². The number of rotatable bonds is 6. The molecule has 0 saturated carbocycles. The van der Waals surface area contributed by atoms with Crippen LogP contribution < -0.4 is 5.32 Å². The molecule has 1 aliphatic heterocycles. The van der Waals surface area contributed by atoms with Crippen LogP contribution in [0.1, 0.15) is 16.1 Å². The van der Waals surface area contributed by atoms with Crippen molar-refractivity contribution in [1.29, 1.82) is 0 Å². The van der Waals surface area contributed by atoms with Crippen LogP contribution in [0, 0.1) is 0 Å². The summed E-state index contributed by atoms with van der Waals surface area (Å²) in [6, 6.07) is 10.2.